The number of hydrogen-bond acceptors (Lipinski definition) is 5. The highest BCUT2D eigenvalue weighted by Crippen LogP contribution is 2.28. The molecule has 1 fully saturated rings. The summed E-state index contributed by atoms with van der Waals surface area (Å²) in [6.45, 7) is 1.28. The first-order valence-electron chi connectivity index (χ1n) is 9.49. The van der Waals surface area contributed by atoms with Crippen LogP contribution in [0.4, 0.5) is 24.5 Å². The van der Waals surface area contributed by atoms with E-state index in [4.69, 9.17) is 4.42 Å². The van der Waals surface area contributed by atoms with Gasteiger partial charge in [-0.15, -0.1) is 13.2 Å². The van der Waals surface area contributed by atoms with Gasteiger partial charge in [-0.25, -0.2) is 4.79 Å². The van der Waals surface area contributed by atoms with Gasteiger partial charge < -0.3 is 19.4 Å². The summed E-state index contributed by atoms with van der Waals surface area (Å²) in [7, 11) is 0. The van der Waals surface area contributed by atoms with Gasteiger partial charge in [-0.3, -0.25) is 9.78 Å². The number of oxazole rings is 1. The number of anilines is 2. The van der Waals surface area contributed by atoms with E-state index in [0.717, 1.165) is 11.3 Å². The molecule has 0 spiro atoms. The Balaban J connectivity index is 1.33. The first kappa shape index (κ1) is 20.6. The van der Waals surface area contributed by atoms with Crippen molar-refractivity contribution >= 4 is 28.4 Å². The average Bonchev–Trinajstić information content (AvgIpc) is 3.07. The van der Waals surface area contributed by atoms with Gasteiger partial charge in [0.15, 0.2) is 5.58 Å². The summed E-state index contributed by atoms with van der Waals surface area (Å²) in [6, 6.07) is 10.6. The first-order valence-corrected chi connectivity index (χ1v) is 9.49. The standard InChI is InChI=1S/C21H18F3N3O4/c22-21(23,24)31-16-4-2-15(3-5-16)27-9-7-13(8-10-27)11-19(28)25-14-1-6-17-18(12-14)30-20(29)26-17/h1-6,11-12H,7-10H2,(H,25,28)(H,26,29). The van der Waals surface area contributed by atoms with E-state index < -0.39 is 12.1 Å². The number of rotatable bonds is 4. The fourth-order valence-electron chi connectivity index (χ4n) is 3.44. The Morgan fingerprint density at radius 3 is 2.52 bits per heavy atom. The van der Waals surface area contributed by atoms with Crippen LogP contribution in [0.2, 0.25) is 0 Å². The maximum absolute atomic E-state index is 12.3. The molecule has 2 N–H and O–H groups in total. The molecular weight excluding hydrogens is 415 g/mol. The van der Waals surface area contributed by atoms with E-state index in [2.05, 4.69) is 15.0 Å². The molecule has 0 radical (unpaired) electrons. The molecule has 1 aromatic heterocycles. The minimum absolute atomic E-state index is 0.261. The van der Waals surface area contributed by atoms with Crippen LogP contribution < -0.4 is 20.7 Å². The zero-order valence-electron chi connectivity index (χ0n) is 16.2. The zero-order valence-corrected chi connectivity index (χ0v) is 16.2. The summed E-state index contributed by atoms with van der Waals surface area (Å²) in [5.74, 6) is -1.10. The molecule has 3 aromatic rings. The number of aromatic nitrogens is 1. The minimum atomic E-state index is -4.71. The molecule has 0 saturated carbocycles. The number of benzene rings is 2. The largest absolute Gasteiger partial charge is 0.573 e. The van der Waals surface area contributed by atoms with Crippen LogP contribution in [0.3, 0.4) is 0 Å². The molecule has 0 bridgehead atoms. The van der Waals surface area contributed by atoms with Crippen molar-refractivity contribution in [3.8, 4) is 5.75 Å². The van der Waals surface area contributed by atoms with Crippen molar-refractivity contribution in [1.82, 2.24) is 4.98 Å². The SMILES string of the molecule is O=C(C=C1CCN(c2ccc(OC(F)(F)F)cc2)CC1)Nc1ccc2[nH]c(=O)oc2c1. The van der Waals surface area contributed by atoms with E-state index in [0.29, 0.717) is 42.7 Å². The molecule has 2 heterocycles. The van der Waals surface area contributed by atoms with Crippen molar-refractivity contribution in [2.75, 3.05) is 23.3 Å². The lowest BCUT2D eigenvalue weighted by atomic mass is 10.0. The number of hydrogen-bond donors (Lipinski definition) is 2. The molecule has 31 heavy (non-hydrogen) atoms. The number of ether oxygens (including phenoxy) is 1. The van der Waals surface area contributed by atoms with Crippen molar-refractivity contribution in [3.05, 3.63) is 64.7 Å². The van der Waals surface area contributed by atoms with Crippen LogP contribution in [-0.4, -0.2) is 30.3 Å². The molecule has 2 aromatic carbocycles. The highest BCUT2D eigenvalue weighted by Gasteiger charge is 2.31. The minimum Gasteiger partial charge on any atom is -0.408 e. The molecule has 1 amide bonds. The topological polar surface area (TPSA) is 87.6 Å². The maximum atomic E-state index is 12.3. The Kier molecular flexibility index (Phi) is 5.45. The number of fused-ring (bicyclic) bond motifs is 1. The monoisotopic (exact) mass is 433 g/mol. The van der Waals surface area contributed by atoms with Gasteiger partial charge in [0.25, 0.3) is 0 Å². The number of carbonyl (C=O) groups is 1. The van der Waals surface area contributed by atoms with Gasteiger partial charge in [0.05, 0.1) is 5.52 Å². The van der Waals surface area contributed by atoms with Crippen LogP contribution in [-0.2, 0) is 4.79 Å². The molecule has 0 aliphatic carbocycles. The third-order valence-electron chi connectivity index (χ3n) is 4.86. The highest BCUT2D eigenvalue weighted by molar-refractivity contribution is 6.00. The number of aromatic amines is 1. The molecule has 7 nitrogen and oxygen atoms in total. The fraction of sp³-hybridized carbons (Fsp3) is 0.238. The summed E-state index contributed by atoms with van der Waals surface area (Å²) < 4.78 is 45.6. The summed E-state index contributed by atoms with van der Waals surface area (Å²) >= 11 is 0. The van der Waals surface area contributed by atoms with Crippen molar-refractivity contribution < 1.29 is 27.1 Å². The van der Waals surface area contributed by atoms with Crippen molar-refractivity contribution in [1.29, 1.82) is 0 Å². The molecule has 10 heteroatoms. The number of nitrogens with one attached hydrogen (secondary N) is 2. The number of halogens is 3. The van der Waals surface area contributed by atoms with Crippen molar-refractivity contribution in [2.24, 2.45) is 0 Å². The third kappa shape index (κ3) is 5.27. The third-order valence-corrected chi connectivity index (χ3v) is 4.86. The van der Waals surface area contributed by atoms with Crippen LogP contribution in [0.25, 0.3) is 11.1 Å². The van der Waals surface area contributed by atoms with Crippen LogP contribution in [0.5, 0.6) is 5.75 Å². The van der Waals surface area contributed by atoms with Gasteiger partial charge >= 0.3 is 12.1 Å². The van der Waals surface area contributed by atoms with Crippen molar-refractivity contribution in [2.45, 2.75) is 19.2 Å². The molecule has 0 atom stereocenters. The average molecular weight is 433 g/mol. The Morgan fingerprint density at radius 2 is 1.84 bits per heavy atom. The van der Waals surface area contributed by atoms with Crippen LogP contribution in [0, 0.1) is 0 Å². The van der Waals surface area contributed by atoms with Gasteiger partial charge in [-0.05, 0) is 49.2 Å². The maximum Gasteiger partial charge on any atom is 0.573 e. The smallest absolute Gasteiger partial charge is 0.408 e. The lowest BCUT2D eigenvalue weighted by Gasteiger charge is -2.30. The molecule has 1 aliphatic rings. The second kappa shape index (κ2) is 8.21. The summed E-state index contributed by atoms with van der Waals surface area (Å²) in [5, 5.41) is 2.75. The van der Waals surface area contributed by atoms with E-state index in [9.17, 15) is 22.8 Å². The highest BCUT2D eigenvalue weighted by atomic mass is 19.4. The second-order valence-electron chi connectivity index (χ2n) is 7.05. The predicted octanol–water partition coefficient (Wildman–Crippen LogP) is 4.19. The molecular formula is C21H18F3N3O4. The quantitative estimate of drug-likeness (QED) is 0.603. The first-order chi connectivity index (χ1) is 14.7. The van der Waals surface area contributed by atoms with Gasteiger partial charge in [-0.2, -0.15) is 0 Å². The summed E-state index contributed by atoms with van der Waals surface area (Å²) in [6.07, 6.45) is -1.86. The molecule has 4 rings (SSSR count). The van der Waals surface area contributed by atoms with E-state index in [1.807, 2.05) is 4.90 Å². The zero-order chi connectivity index (χ0) is 22.0. The normalized spacial score (nSPS) is 14.5. The molecule has 1 saturated heterocycles. The Labute approximate surface area is 174 Å². The van der Waals surface area contributed by atoms with Crippen LogP contribution >= 0.6 is 0 Å². The van der Waals surface area contributed by atoms with Crippen molar-refractivity contribution in [3.63, 3.8) is 0 Å². The van der Waals surface area contributed by atoms with E-state index >= 15 is 0 Å². The number of nitrogens with zero attached hydrogens (tertiary/aromatic N) is 1. The molecule has 0 unspecified atom stereocenters. The van der Waals surface area contributed by atoms with E-state index in [1.54, 1.807) is 36.4 Å². The van der Waals surface area contributed by atoms with Gasteiger partial charge in [-0.1, -0.05) is 5.57 Å². The van der Waals surface area contributed by atoms with Gasteiger partial charge in [0.2, 0.25) is 5.91 Å². The number of carbonyl (C=O) groups excluding carboxylic acids is 1. The van der Waals surface area contributed by atoms with Crippen LogP contribution in [0.15, 0.2) is 63.3 Å². The van der Waals surface area contributed by atoms with Gasteiger partial charge in [0.1, 0.15) is 5.75 Å². The number of alkyl halides is 3. The van der Waals surface area contributed by atoms with Crippen LogP contribution in [0.1, 0.15) is 12.8 Å². The van der Waals surface area contributed by atoms with E-state index in [-0.39, 0.29) is 11.7 Å². The lowest BCUT2D eigenvalue weighted by Crippen LogP contribution is -2.30. The summed E-state index contributed by atoms with van der Waals surface area (Å²) in [5.41, 5.74) is 3.18. The predicted molar refractivity (Wildman–Crippen MR) is 108 cm³/mol. The number of piperidine rings is 1. The Bertz CT molecular complexity index is 1170. The Morgan fingerprint density at radius 1 is 1.13 bits per heavy atom. The number of H-pyrrole nitrogens is 1. The molecule has 162 valence electrons. The van der Waals surface area contributed by atoms with E-state index in [1.165, 1.54) is 12.1 Å². The number of amides is 1. The summed E-state index contributed by atoms with van der Waals surface area (Å²) in [4.78, 5) is 28.1. The second-order valence-corrected chi connectivity index (χ2v) is 7.05. The lowest BCUT2D eigenvalue weighted by molar-refractivity contribution is -0.274. The molecule has 1 aliphatic heterocycles. The Hall–Kier alpha value is -3.69. The van der Waals surface area contributed by atoms with Gasteiger partial charge in [0, 0.05) is 36.6 Å². The fourth-order valence-corrected chi connectivity index (χ4v) is 3.44.